The van der Waals surface area contributed by atoms with E-state index in [2.05, 4.69) is 20.6 Å². The largest absolute Gasteiger partial charge is 1.00 e. The molecule has 0 spiro atoms. The summed E-state index contributed by atoms with van der Waals surface area (Å²) in [6, 6.07) is 6.57. The van der Waals surface area contributed by atoms with E-state index in [0.29, 0.717) is 42.0 Å². The second kappa shape index (κ2) is 12.5. The van der Waals surface area contributed by atoms with Crippen LogP contribution in [0.15, 0.2) is 53.9 Å². The number of ether oxygens (including phenoxy) is 1. The predicted octanol–water partition coefficient (Wildman–Crippen LogP) is -0.468. The zero-order chi connectivity index (χ0) is 27.5. The Balaban J connectivity index is 0.00000370. The topological polar surface area (TPSA) is 173 Å². The van der Waals surface area contributed by atoms with Crippen molar-refractivity contribution >= 4 is 29.4 Å². The molecule has 202 valence electrons. The van der Waals surface area contributed by atoms with Crippen molar-refractivity contribution in [2.24, 2.45) is 5.92 Å². The van der Waals surface area contributed by atoms with Gasteiger partial charge in [-0.05, 0) is 49.5 Å². The first-order valence-corrected chi connectivity index (χ1v) is 12.4. The molecule has 2 amide bonds. The van der Waals surface area contributed by atoms with Crippen molar-refractivity contribution in [3.8, 4) is 5.75 Å². The molecule has 2 atom stereocenters. The zero-order valence-corrected chi connectivity index (χ0v) is 21.9. The molecule has 1 aromatic heterocycles. The van der Waals surface area contributed by atoms with Crippen molar-refractivity contribution in [1.82, 2.24) is 14.9 Å². The van der Waals surface area contributed by atoms with Gasteiger partial charge in [-0.25, -0.2) is 14.8 Å². The van der Waals surface area contributed by atoms with Crippen molar-refractivity contribution in [2.75, 3.05) is 18.5 Å². The van der Waals surface area contributed by atoms with Crippen molar-refractivity contribution in [3.63, 3.8) is 0 Å². The molecule has 12 nitrogen and oxygen atoms in total. The molecule has 1 saturated carbocycles. The fraction of sp³-hybridized carbons (Fsp3) is 0.333. The molecule has 3 N–H and O–H groups in total. The smallest absolute Gasteiger partial charge is 0.644 e. The number of fused-ring (bicyclic) bond motifs is 2. The third-order valence-corrected chi connectivity index (χ3v) is 7.05. The Kier molecular flexibility index (Phi) is 9.04. The van der Waals surface area contributed by atoms with Crippen LogP contribution in [0.3, 0.4) is 0 Å². The van der Waals surface area contributed by atoms with Crippen LogP contribution in [0.2, 0.25) is 0 Å². The molecular weight excluding hydrogens is 513 g/mol. The van der Waals surface area contributed by atoms with E-state index in [-0.39, 0.29) is 74.2 Å². The first-order valence-electron chi connectivity index (χ1n) is 12.4. The number of carbonyl (C=O) groups is 4. The Hall–Kier alpha value is -3.98. The van der Waals surface area contributed by atoms with Crippen molar-refractivity contribution in [1.29, 1.82) is 0 Å². The number of hydrogen-bond acceptors (Lipinski definition) is 8. The molecule has 2 heterocycles. The number of rotatable bonds is 9. The summed E-state index contributed by atoms with van der Waals surface area (Å²) in [4.78, 5) is 57.5. The molecule has 2 aliphatic carbocycles. The summed E-state index contributed by atoms with van der Waals surface area (Å²) in [7, 11) is 0. The van der Waals surface area contributed by atoms with Gasteiger partial charge in [-0.1, -0.05) is 23.3 Å². The molecule has 5 rings (SSSR count). The molecule has 3 aliphatic rings. The maximum Gasteiger partial charge on any atom is 1.00 e. The second-order valence-electron chi connectivity index (χ2n) is 9.61. The molecule has 0 saturated heterocycles. The van der Waals surface area contributed by atoms with Gasteiger partial charge in [-0.2, -0.15) is 0 Å². The summed E-state index contributed by atoms with van der Waals surface area (Å²) in [5, 5.41) is 25.7. The van der Waals surface area contributed by atoms with Gasteiger partial charge >= 0.3 is 30.8 Å². The first-order chi connectivity index (χ1) is 18.8. The minimum absolute atomic E-state index is 0. The maximum atomic E-state index is 12.8. The number of benzene rings is 1. The third-order valence-electron chi connectivity index (χ3n) is 7.05. The van der Waals surface area contributed by atoms with E-state index in [1.54, 1.807) is 30.4 Å². The quantitative estimate of drug-likeness (QED) is 0.354. The molecule has 40 heavy (non-hydrogen) atoms. The van der Waals surface area contributed by atoms with Gasteiger partial charge in [-0.3, -0.25) is 14.5 Å². The van der Waals surface area contributed by atoms with Crippen LogP contribution in [-0.2, 0) is 27.5 Å². The fourth-order valence-corrected chi connectivity index (χ4v) is 5.28. The molecule has 0 bridgehead atoms. The average molecular weight is 539 g/mol. The van der Waals surface area contributed by atoms with Gasteiger partial charge in [0.2, 0.25) is 0 Å². The van der Waals surface area contributed by atoms with Crippen LogP contribution >= 0.6 is 0 Å². The number of carboxylic acids is 2. The number of nitrogens with one attached hydrogen (secondary N) is 1. The number of nitrogens with zero attached hydrogens (tertiary/aromatic N) is 4. The van der Waals surface area contributed by atoms with E-state index in [1.165, 1.54) is 12.4 Å². The molecule has 1 fully saturated rings. The summed E-state index contributed by atoms with van der Waals surface area (Å²) in [5.74, 6) is -2.19. The SMILES string of the molecule is O=C(O)CN(Cc1cc(C(=O)[N-]Cc2ccc3c(c2)NC(=O)CO3)ncn1)C1CCC2=CC(C(=O)O)=CCC21.[Li+]. The Bertz CT molecular complexity index is 1410. The van der Waals surface area contributed by atoms with Gasteiger partial charge in [-0.15, -0.1) is 6.54 Å². The molecular formula is C27H26LiN5O7. The molecule has 1 aromatic carbocycles. The zero-order valence-electron chi connectivity index (χ0n) is 21.9. The summed E-state index contributed by atoms with van der Waals surface area (Å²) < 4.78 is 5.34. The summed E-state index contributed by atoms with van der Waals surface area (Å²) >= 11 is 0. The van der Waals surface area contributed by atoms with Gasteiger partial charge in [0.05, 0.1) is 29.2 Å². The number of carbonyl (C=O) groups excluding carboxylic acids is 2. The maximum absolute atomic E-state index is 12.8. The molecule has 2 unspecified atom stereocenters. The van der Waals surface area contributed by atoms with E-state index in [1.807, 2.05) is 4.90 Å². The number of hydrogen-bond donors (Lipinski definition) is 3. The Morgan fingerprint density at radius 3 is 2.77 bits per heavy atom. The third kappa shape index (κ3) is 6.59. The second-order valence-corrected chi connectivity index (χ2v) is 9.61. The fourth-order valence-electron chi connectivity index (χ4n) is 5.28. The van der Waals surface area contributed by atoms with E-state index in [4.69, 9.17) is 4.74 Å². The van der Waals surface area contributed by atoms with Crippen LogP contribution in [0, 0.1) is 5.92 Å². The normalized spacial score (nSPS) is 19.2. The minimum atomic E-state index is -0.989. The van der Waals surface area contributed by atoms with Crippen LogP contribution in [-0.4, -0.2) is 68.0 Å². The summed E-state index contributed by atoms with van der Waals surface area (Å²) in [6.45, 7) is -0.0158. The van der Waals surface area contributed by atoms with E-state index in [9.17, 15) is 29.4 Å². The number of allylic oxidation sites excluding steroid dienone is 1. The average Bonchev–Trinajstić information content (AvgIpc) is 3.34. The Morgan fingerprint density at radius 1 is 1.18 bits per heavy atom. The number of aromatic nitrogens is 2. The minimum Gasteiger partial charge on any atom is -0.644 e. The van der Waals surface area contributed by atoms with Gasteiger partial charge in [0, 0.05) is 12.6 Å². The standard InChI is InChI=1S/C27H27N5O7.Li/c33-24-13-39-23-6-1-15(7-20(23)31-24)10-28-26(36)21-9-18(29-14-30-21)11-32(12-25(34)35)22-5-3-16-8-17(27(37)38)2-4-19(16)22;/h1-2,6-9,14,19,22H,3-5,10-13H2,(H4,28,31,33,34,35,36,37,38);/q;+1/p-1. The molecule has 13 heteroatoms. The van der Waals surface area contributed by atoms with Crippen LogP contribution < -0.4 is 28.9 Å². The van der Waals surface area contributed by atoms with Crippen LogP contribution in [0.5, 0.6) is 5.75 Å². The number of anilines is 1. The van der Waals surface area contributed by atoms with Gasteiger partial charge in [0.25, 0.3) is 5.91 Å². The monoisotopic (exact) mass is 539 g/mol. The van der Waals surface area contributed by atoms with E-state index < -0.39 is 17.8 Å². The van der Waals surface area contributed by atoms with E-state index in [0.717, 1.165) is 5.57 Å². The van der Waals surface area contributed by atoms with Crippen LogP contribution in [0.1, 0.15) is 41.0 Å². The number of aliphatic carboxylic acids is 2. The van der Waals surface area contributed by atoms with E-state index >= 15 is 0 Å². The van der Waals surface area contributed by atoms with Crippen LogP contribution in [0.25, 0.3) is 5.32 Å². The molecule has 2 aromatic rings. The Labute approximate surface area is 241 Å². The summed E-state index contributed by atoms with van der Waals surface area (Å²) in [5.41, 5.74) is 3.07. The van der Waals surface area contributed by atoms with Crippen LogP contribution in [0.4, 0.5) is 5.69 Å². The predicted molar refractivity (Wildman–Crippen MR) is 137 cm³/mol. The first kappa shape index (κ1) is 29.0. The summed E-state index contributed by atoms with van der Waals surface area (Å²) in [6.07, 6.45) is 6.55. The van der Waals surface area contributed by atoms with Gasteiger partial charge in [0.1, 0.15) is 18.0 Å². The Morgan fingerprint density at radius 2 is 2.00 bits per heavy atom. The van der Waals surface area contributed by atoms with Gasteiger partial charge < -0.3 is 30.4 Å². The van der Waals surface area contributed by atoms with Crippen molar-refractivity contribution in [3.05, 3.63) is 76.2 Å². The molecule has 1 aliphatic heterocycles. The molecule has 0 radical (unpaired) electrons. The van der Waals surface area contributed by atoms with Gasteiger partial charge in [0.15, 0.2) is 6.61 Å². The number of carboxylic acid groups (broad SMARTS) is 2. The van der Waals surface area contributed by atoms with Crippen molar-refractivity contribution < 1.29 is 53.0 Å². The van der Waals surface area contributed by atoms with Crippen molar-refractivity contribution in [2.45, 2.75) is 38.4 Å². The number of amides is 2.